The summed E-state index contributed by atoms with van der Waals surface area (Å²) in [5.74, 6) is -0.545. The molecule has 7 heteroatoms. The molecule has 0 aliphatic carbocycles. The van der Waals surface area contributed by atoms with Gasteiger partial charge in [-0.2, -0.15) is 0 Å². The van der Waals surface area contributed by atoms with E-state index in [0.29, 0.717) is 41.7 Å². The van der Waals surface area contributed by atoms with E-state index < -0.39 is 11.9 Å². The standard InChI is InChI=1S/C17H17NO5S/c1-3-10-9(2)24-16(13(10)17(20)21)18-15(19)11-5-4-6-12-14(11)23-8-7-22-12/h4-6H,3,7-8H2,1-2H3,(H,18,19)(H,20,21). The van der Waals surface area contributed by atoms with Crippen molar-refractivity contribution in [3.05, 3.63) is 39.8 Å². The number of carbonyl (C=O) groups is 2. The van der Waals surface area contributed by atoms with Gasteiger partial charge in [0.1, 0.15) is 18.2 Å². The number of ether oxygens (including phenoxy) is 2. The van der Waals surface area contributed by atoms with Crippen LogP contribution in [0.15, 0.2) is 18.2 Å². The molecule has 0 radical (unpaired) electrons. The fourth-order valence-corrected chi connectivity index (χ4v) is 3.87. The van der Waals surface area contributed by atoms with E-state index in [2.05, 4.69) is 5.32 Å². The number of thiophene rings is 1. The minimum absolute atomic E-state index is 0.162. The lowest BCUT2D eigenvalue weighted by atomic mass is 10.1. The van der Waals surface area contributed by atoms with Crippen molar-refractivity contribution in [2.24, 2.45) is 0 Å². The van der Waals surface area contributed by atoms with Crippen LogP contribution in [0.1, 0.15) is 38.1 Å². The van der Waals surface area contributed by atoms with Gasteiger partial charge in [0.25, 0.3) is 5.91 Å². The molecule has 6 nitrogen and oxygen atoms in total. The van der Waals surface area contributed by atoms with Gasteiger partial charge in [0.2, 0.25) is 0 Å². The van der Waals surface area contributed by atoms with Crippen molar-refractivity contribution in [1.82, 2.24) is 0 Å². The van der Waals surface area contributed by atoms with E-state index in [9.17, 15) is 14.7 Å². The minimum Gasteiger partial charge on any atom is -0.486 e. The first-order valence-electron chi connectivity index (χ1n) is 7.58. The zero-order valence-electron chi connectivity index (χ0n) is 13.3. The molecule has 0 spiro atoms. The summed E-state index contributed by atoms with van der Waals surface area (Å²) in [5, 5.41) is 12.5. The van der Waals surface area contributed by atoms with Crippen molar-refractivity contribution in [1.29, 1.82) is 0 Å². The molecule has 0 fully saturated rings. The second-order valence-corrected chi connectivity index (χ2v) is 6.51. The summed E-state index contributed by atoms with van der Waals surface area (Å²) in [6.45, 7) is 4.56. The number of hydrogen-bond donors (Lipinski definition) is 2. The number of carboxylic acids is 1. The van der Waals surface area contributed by atoms with Gasteiger partial charge in [-0.3, -0.25) is 4.79 Å². The molecule has 1 amide bonds. The van der Waals surface area contributed by atoms with Crippen LogP contribution < -0.4 is 14.8 Å². The van der Waals surface area contributed by atoms with Crippen LogP contribution in [0.25, 0.3) is 0 Å². The van der Waals surface area contributed by atoms with Crippen molar-refractivity contribution in [3.63, 3.8) is 0 Å². The molecule has 24 heavy (non-hydrogen) atoms. The van der Waals surface area contributed by atoms with Gasteiger partial charge in [-0.05, 0) is 31.0 Å². The van der Waals surface area contributed by atoms with Crippen LogP contribution in [0.2, 0.25) is 0 Å². The predicted molar refractivity (Wildman–Crippen MR) is 90.8 cm³/mol. The summed E-state index contributed by atoms with van der Waals surface area (Å²) < 4.78 is 11.0. The molecule has 1 aliphatic rings. The highest BCUT2D eigenvalue weighted by molar-refractivity contribution is 7.16. The van der Waals surface area contributed by atoms with Gasteiger partial charge >= 0.3 is 5.97 Å². The Morgan fingerprint density at radius 1 is 1.29 bits per heavy atom. The van der Waals surface area contributed by atoms with Gasteiger partial charge in [0, 0.05) is 4.88 Å². The Balaban J connectivity index is 1.95. The molecule has 0 atom stereocenters. The lowest BCUT2D eigenvalue weighted by Gasteiger charge is -2.20. The molecule has 1 aliphatic heterocycles. The second-order valence-electron chi connectivity index (χ2n) is 5.28. The van der Waals surface area contributed by atoms with Crippen molar-refractivity contribution in [2.45, 2.75) is 20.3 Å². The molecule has 2 aromatic rings. The average molecular weight is 347 g/mol. The SMILES string of the molecule is CCc1c(C)sc(NC(=O)c2cccc3c2OCCO3)c1C(=O)O. The number of benzene rings is 1. The summed E-state index contributed by atoms with van der Waals surface area (Å²) in [7, 11) is 0. The third-order valence-corrected chi connectivity index (χ3v) is 4.88. The monoisotopic (exact) mass is 347 g/mol. The lowest BCUT2D eigenvalue weighted by Crippen LogP contribution is -2.20. The van der Waals surface area contributed by atoms with E-state index in [-0.39, 0.29) is 5.56 Å². The number of carbonyl (C=O) groups excluding carboxylic acids is 1. The van der Waals surface area contributed by atoms with Gasteiger partial charge in [0.05, 0.1) is 11.1 Å². The van der Waals surface area contributed by atoms with Crippen molar-refractivity contribution in [2.75, 3.05) is 18.5 Å². The molecule has 2 heterocycles. The fourth-order valence-electron chi connectivity index (χ4n) is 2.74. The highest BCUT2D eigenvalue weighted by Gasteiger charge is 2.25. The summed E-state index contributed by atoms with van der Waals surface area (Å²) in [6.07, 6.45) is 0.595. The molecular weight excluding hydrogens is 330 g/mol. The number of fused-ring (bicyclic) bond motifs is 1. The fraction of sp³-hybridized carbons (Fsp3) is 0.294. The maximum atomic E-state index is 12.6. The van der Waals surface area contributed by atoms with E-state index in [1.165, 1.54) is 11.3 Å². The zero-order valence-corrected chi connectivity index (χ0v) is 14.2. The molecule has 2 N–H and O–H groups in total. The van der Waals surface area contributed by atoms with Crippen LogP contribution in [0.4, 0.5) is 5.00 Å². The summed E-state index contributed by atoms with van der Waals surface area (Å²) in [6, 6.07) is 5.07. The molecule has 1 aromatic carbocycles. The van der Waals surface area contributed by atoms with Gasteiger partial charge in [0.15, 0.2) is 11.5 Å². The molecule has 0 saturated carbocycles. The Labute approximate surface area is 143 Å². The molecule has 126 valence electrons. The second kappa shape index (κ2) is 6.52. The van der Waals surface area contributed by atoms with Gasteiger partial charge < -0.3 is 19.9 Å². The van der Waals surface area contributed by atoms with Crippen molar-refractivity contribution < 1.29 is 24.2 Å². The molecular formula is C17H17NO5S. The normalized spacial score (nSPS) is 12.8. The highest BCUT2D eigenvalue weighted by Crippen LogP contribution is 2.36. The third-order valence-electron chi connectivity index (χ3n) is 3.81. The van der Waals surface area contributed by atoms with Crippen LogP contribution in [0, 0.1) is 6.92 Å². The molecule has 0 unspecified atom stereocenters. The smallest absolute Gasteiger partial charge is 0.339 e. The summed E-state index contributed by atoms with van der Waals surface area (Å²) in [5.41, 5.74) is 1.24. The number of carboxylic acid groups (broad SMARTS) is 1. The Hall–Kier alpha value is -2.54. The summed E-state index contributed by atoms with van der Waals surface area (Å²) >= 11 is 1.27. The molecule has 1 aromatic heterocycles. The van der Waals surface area contributed by atoms with Crippen molar-refractivity contribution >= 4 is 28.2 Å². The van der Waals surface area contributed by atoms with Crippen molar-refractivity contribution in [3.8, 4) is 11.5 Å². The average Bonchev–Trinajstić information content (AvgIpc) is 2.89. The van der Waals surface area contributed by atoms with E-state index in [1.807, 2.05) is 13.8 Å². The highest BCUT2D eigenvalue weighted by atomic mass is 32.1. The Morgan fingerprint density at radius 2 is 2.04 bits per heavy atom. The number of rotatable bonds is 4. The Morgan fingerprint density at radius 3 is 2.75 bits per heavy atom. The number of aryl methyl sites for hydroxylation is 1. The van der Waals surface area contributed by atoms with E-state index in [4.69, 9.17) is 9.47 Å². The van der Waals surface area contributed by atoms with Crippen LogP contribution >= 0.6 is 11.3 Å². The first-order valence-corrected chi connectivity index (χ1v) is 8.40. The number of para-hydroxylation sites is 1. The minimum atomic E-state index is -1.04. The number of nitrogens with one attached hydrogen (secondary N) is 1. The quantitative estimate of drug-likeness (QED) is 0.886. The maximum absolute atomic E-state index is 12.6. The maximum Gasteiger partial charge on any atom is 0.339 e. The Bertz CT molecular complexity index is 812. The lowest BCUT2D eigenvalue weighted by molar-refractivity contribution is 0.0697. The third kappa shape index (κ3) is 2.82. The van der Waals surface area contributed by atoms with Crippen LogP contribution in [0.5, 0.6) is 11.5 Å². The molecule has 0 bridgehead atoms. The van der Waals surface area contributed by atoms with Gasteiger partial charge in [-0.15, -0.1) is 11.3 Å². The number of hydrogen-bond acceptors (Lipinski definition) is 5. The van der Waals surface area contributed by atoms with E-state index in [0.717, 1.165) is 10.4 Å². The zero-order chi connectivity index (χ0) is 17.3. The van der Waals surface area contributed by atoms with Gasteiger partial charge in [-0.1, -0.05) is 13.0 Å². The molecule has 3 rings (SSSR count). The van der Waals surface area contributed by atoms with Crippen LogP contribution in [0.3, 0.4) is 0 Å². The largest absolute Gasteiger partial charge is 0.486 e. The van der Waals surface area contributed by atoms with E-state index >= 15 is 0 Å². The number of anilines is 1. The molecule has 0 saturated heterocycles. The van der Waals surface area contributed by atoms with E-state index in [1.54, 1.807) is 18.2 Å². The topological polar surface area (TPSA) is 84.9 Å². The number of aromatic carboxylic acids is 1. The van der Waals surface area contributed by atoms with Crippen LogP contribution in [-0.4, -0.2) is 30.2 Å². The van der Waals surface area contributed by atoms with Crippen LogP contribution in [-0.2, 0) is 6.42 Å². The Kier molecular flexibility index (Phi) is 4.44. The van der Waals surface area contributed by atoms with Gasteiger partial charge in [-0.25, -0.2) is 4.79 Å². The first kappa shape index (κ1) is 16.3. The predicted octanol–water partition coefficient (Wildman–Crippen LogP) is 3.34. The first-order chi connectivity index (χ1) is 11.5. The number of amides is 1. The summed E-state index contributed by atoms with van der Waals surface area (Å²) in [4.78, 5) is 25.1.